The lowest BCUT2D eigenvalue weighted by molar-refractivity contribution is 0.0939. The molecule has 1 rings (SSSR count). The maximum absolute atomic E-state index is 13.1. The van der Waals surface area contributed by atoms with Gasteiger partial charge in [0.15, 0.2) is 0 Å². The zero-order chi connectivity index (χ0) is 13.7. The average Bonchev–Trinajstić information content (AvgIpc) is 2.28. The van der Waals surface area contributed by atoms with Crippen molar-refractivity contribution in [3.8, 4) is 0 Å². The van der Waals surface area contributed by atoms with Gasteiger partial charge in [-0.1, -0.05) is 6.92 Å². The summed E-state index contributed by atoms with van der Waals surface area (Å²) in [5, 5.41) is 12.0. The van der Waals surface area contributed by atoms with Gasteiger partial charge in [0.05, 0.1) is 6.10 Å². The Kier molecular flexibility index (Phi) is 5.28. The van der Waals surface area contributed by atoms with Crippen LogP contribution in [0.4, 0.5) is 4.39 Å². The van der Waals surface area contributed by atoms with Crippen LogP contribution in [0.3, 0.4) is 0 Å². The molecule has 0 aliphatic heterocycles. The molecule has 0 saturated heterocycles. The van der Waals surface area contributed by atoms with Gasteiger partial charge in [-0.3, -0.25) is 4.79 Å². The van der Waals surface area contributed by atoms with E-state index in [4.69, 9.17) is 0 Å². The molecule has 3 nitrogen and oxygen atoms in total. The summed E-state index contributed by atoms with van der Waals surface area (Å²) in [5.74, 6) is -0.319. The zero-order valence-corrected chi connectivity index (χ0v) is 11.0. The number of aryl methyl sites for hydroxylation is 1. The van der Waals surface area contributed by atoms with E-state index in [0.717, 1.165) is 0 Å². The van der Waals surface area contributed by atoms with Crippen molar-refractivity contribution in [1.29, 1.82) is 0 Å². The van der Waals surface area contributed by atoms with Crippen molar-refractivity contribution in [2.75, 3.05) is 6.54 Å². The van der Waals surface area contributed by atoms with Crippen molar-refractivity contribution in [3.63, 3.8) is 0 Å². The molecule has 0 heterocycles. The second kappa shape index (κ2) is 6.50. The number of carbonyl (C=O) groups is 1. The third-order valence-electron chi connectivity index (χ3n) is 2.77. The number of hydrogen-bond acceptors (Lipinski definition) is 2. The summed E-state index contributed by atoms with van der Waals surface area (Å²) in [6, 6.07) is 4.30. The molecule has 0 aliphatic rings. The molecule has 2 atom stereocenters. The van der Waals surface area contributed by atoms with Crippen LogP contribution in [0.25, 0.3) is 0 Å². The summed E-state index contributed by atoms with van der Waals surface area (Å²) in [4.78, 5) is 11.8. The number of halogens is 1. The number of rotatable bonds is 5. The Bertz CT molecular complexity index is 418. The second-order valence-electron chi connectivity index (χ2n) is 4.86. The van der Waals surface area contributed by atoms with Crippen molar-refractivity contribution < 1.29 is 14.3 Å². The standard InChI is InChI=1S/C14H20FNO2/c1-9(6-11(3)17)8-16-14(18)12-4-5-13(15)10(2)7-12/h4-5,7,9,11,17H,6,8H2,1-3H3,(H,16,18). The fourth-order valence-corrected chi connectivity index (χ4v) is 1.82. The fourth-order valence-electron chi connectivity index (χ4n) is 1.82. The normalized spacial score (nSPS) is 14.1. The van der Waals surface area contributed by atoms with Crippen LogP contribution in [0.1, 0.15) is 36.2 Å². The zero-order valence-electron chi connectivity index (χ0n) is 11.0. The minimum Gasteiger partial charge on any atom is -0.393 e. The highest BCUT2D eigenvalue weighted by molar-refractivity contribution is 5.94. The summed E-state index contributed by atoms with van der Waals surface area (Å²) < 4.78 is 13.1. The number of carbonyl (C=O) groups excluding carboxylic acids is 1. The first-order valence-electron chi connectivity index (χ1n) is 6.12. The van der Waals surface area contributed by atoms with Crippen LogP contribution in [0.15, 0.2) is 18.2 Å². The third-order valence-corrected chi connectivity index (χ3v) is 2.77. The monoisotopic (exact) mass is 253 g/mol. The summed E-state index contributed by atoms with van der Waals surface area (Å²) in [5.41, 5.74) is 0.915. The minimum absolute atomic E-state index is 0.204. The molecule has 0 radical (unpaired) electrons. The molecular weight excluding hydrogens is 233 g/mol. The highest BCUT2D eigenvalue weighted by Gasteiger charge is 2.10. The highest BCUT2D eigenvalue weighted by atomic mass is 19.1. The van der Waals surface area contributed by atoms with E-state index < -0.39 is 0 Å². The van der Waals surface area contributed by atoms with Gasteiger partial charge in [0.1, 0.15) is 5.82 Å². The average molecular weight is 253 g/mol. The van der Waals surface area contributed by atoms with Gasteiger partial charge in [-0.05, 0) is 49.9 Å². The molecule has 0 fully saturated rings. The Labute approximate surface area is 107 Å². The Morgan fingerprint density at radius 1 is 1.44 bits per heavy atom. The first-order chi connectivity index (χ1) is 8.40. The van der Waals surface area contributed by atoms with Gasteiger partial charge >= 0.3 is 0 Å². The maximum atomic E-state index is 13.1. The predicted molar refractivity (Wildman–Crippen MR) is 68.9 cm³/mol. The van der Waals surface area contributed by atoms with Crippen LogP contribution in [0.2, 0.25) is 0 Å². The lowest BCUT2D eigenvalue weighted by Gasteiger charge is -2.14. The number of aliphatic hydroxyl groups excluding tert-OH is 1. The van der Waals surface area contributed by atoms with Crippen molar-refractivity contribution in [2.45, 2.75) is 33.3 Å². The first-order valence-corrected chi connectivity index (χ1v) is 6.12. The topological polar surface area (TPSA) is 49.3 Å². The van der Waals surface area contributed by atoms with Gasteiger partial charge in [0.25, 0.3) is 5.91 Å². The number of nitrogens with one attached hydrogen (secondary N) is 1. The molecule has 0 saturated carbocycles. The van der Waals surface area contributed by atoms with E-state index in [9.17, 15) is 14.3 Å². The molecule has 2 N–H and O–H groups in total. The lowest BCUT2D eigenvalue weighted by Crippen LogP contribution is -2.29. The van der Waals surface area contributed by atoms with Crippen molar-refractivity contribution in [3.05, 3.63) is 35.1 Å². The highest BCUT2D eigenvalue weighted by Crippen LogP contribution is 2.10. The summed E-state index contributed by atoms with van der Waals surface area (Å²) in [6.45, 7) is 5.81. The molecule has 0 bridgehead atoms. The van der Waals surface area contributed by atoms with Gasteiger partial charge < -0.3 is 10.4 Å². The number of benzene rings is 1. The molecule has 1 aromatic carbocycles. The Morgan fingerprint density at radius 3 is 2.67 bits per heavy atom. The van der Waals surface area contributed by atoms with E-state index in [2.05, 4.69) is 5.32 Å². The van der Waals surface area contributed by atoms with Crippen LogP contribution < -0.4 is 5.32 Å². The molecule has 2 unspecified atom stereocenters. The van der Waals surface area contributed by atoms with Gasteiger partial charge in [-0.25, -0.2) is 4.39 Å². The van der Waals surface area contributed by atoms with Gasteiger partial charge in [0.2, 0.25) is 0 Å². The van der Waals surface area contributed by atoms with Crippen molar-refractivity contribution in [2.24, 2.45) is 5.92 Å². The lowest BCUT2D eigenvalue weighted by atomic mass is 10.0. The summed E-state index contributed by atoms with van der Waals surface area (Å²) in [7, 11) is 0. The van der Waals surface area contributed by atoms with Gasteiger partial charge in [0, 0.05) is 12.1 Å². The van der Waals surface area contributed by atoms with E-state index in [1.165, 1.54) is 18.2 Å². The smallest absolute Gasteiger partial charge is 0.251 e. The van der Waals surface area contributed by atoms with Gasteiger partial charge in [-0.2, -0.15) is 0 Å². The Hall–Kier alpha value is -1.42. The van der Waals surface area contributed by atoms with Crippen molar-refractivity contribution in [1.82, 2.24) is 5.32 Å². The number of amides is 1. The molecule has 0 spiro atoms. The molecule has 4 heteroatoms. The van der Waals surface area contributed by atoms with Crippen LogP contribution in [-0.2, 0) is 0 Å². The predicted octanol–water partition coefficient (Wildman–Crippen LogP) is 2.27. The summed E-state index contributed by atoms with van der Waals surface area (Å²) in [6.07, 6.45) is 0.271. The molecule has 1 amide bonds. The number of aliphatic hydroxyl groups is 1. The first kappa shape index (κ1) is 14.6. The summed E-state index contributed by atoms with van der Waals surface area (Å²) >= 11 is 0. The second-order valence-corrected chi connectivity index (χ2v) is 4.86. The number of hydrogen-bond donors (Lipinski definition) is 2. The fraction of sp³-hybridized carbons (Fsp3) is 0.500. The van der Waals surface area contributed by atoms with E-state index >= 15 is 0 Å². The largest absolute Gasteiger partial charge is 0.393 e. The molecular formula is C14H20FNO2. The van der Waals surface area contributed by atoms with E-state index in [1.807, 2.05) is 6.92 Å². The Morgan fingerprint density at radius 2 is 2.11 bits per heavy atom. The minimum atomic E-state index is -0.370. The van der Waals surface area contributed by atoms with Crippen LogP contribution in [0, 0.1) is 18.7 Å². The molecule has 1 aromatic rings. The molecule has 18 heavy (non-hydrogen) atoms. The molecule has 0 aliphatic carbocycles. The molecule has 100 valence electrons. The quantitative estimate of drug-likeness (QED) is 0.845. The van der Waals surface area contributed by atoms with E-state index in [-0.39, 0.29) is 23.7 Å². The van der Waals surface area contributed by atoms with Crippen LogP contribution in [0.5, 0.6) is 0 Å². The van der Waals surface area contributed by atoms with Crippen molar-refractivity contribution >= 4 is 5.91 Å². The Balaban J connectivity index is 2.52. The van der Waals surface area contributed by atoms with Crippen LogP contribution in [-0.4, -0.2) is 23.7 Å². The SMILES string of the molecule is Cc1cc(C(=O)NCC(C)CC(C)O)ccc1F. The van der Waals surface area contributed by atoms with Crippen LogP contribution >= 0.6 is 0 Å². The van der Waals surface area contributed by atoms with E-state index in [0.29, 0.717) is 24.1 Å². The third kappa shape index (κ3) is 4.45. The maximum Gasteiger partial charge on any atom is 0.251 e. The molecule has 0 aromatic heterocycles. The van der Waals surface area contributed by atoms with Gasteiger partial charge in [-0.15, -0.1) is 0 Å². The van der Waals surface area contributed by atoms with E-state index in [1.54, 1.807) is 13.8 Å².